The molecule has 0 spiro atoms. The fraction of sp³-hybridized carbons (Fsp3) is 0.412. The van der Waals surface area contributed by atoms with Crippen LogP contribution in [0, 0.1) is 13.8 Å². The molecule has 6 heteroatoms. The lowest BCUT2D eigenvalue weighted by Crippen LogP contribution is -2.39. The summed E-state index contributed by atoms with van der Waals surface area (Å²) in [6, 6.07) is 7.33. The largest absolute Gasteiger partial charge is 0.322 e. The standard InChI is InChI=1S/C17H23ClN4O/c1-10(14-6-8-15(18)9-7-14)19-12(3)17(23)20-16-11(2)21-22(5)13(16)4/h6-10,12,19H,1-5H3,(H,20,23)/t10-,12-/m0/s1. The van der Waals surface area contributed by atoms with Crippen molar-refractivity contribution in [3.8, 4) is 0 Å². The van der Waals surface area contributed by atoms with E-state index in [0.29, 0.717) is 5.02 Å². The number of benzene rings is 1. The van der Waals surface area contributed by atoms with Crippen molar-refractivity contribution in [1.82, 2.24) is 15.1 Å². The van der Waals surface area contributed by atoms with Crippen LogP contribution in [0.5, 0.6) is 0 Å². The Bertz CT molecular complexity index is 693. The van der Waals surface area contributed by atoms with Crippen LogP contribution in [0.1, 0.15) is 36.8 Å². The third kappa shape index (κ3) is 4.12. The molecule has 5 nitrogen and oxygen atoms in total. The summed E-state index contributed by atoms with van der Waals surface area (Å²) in [6.45, 7) is 7.69. The molecule has 0 aliphatic rings. The second kappa shape index (κ2) is 7.15. The van der Waals surface area contributed by atoms with Gasteiger partial charge in [0.2, 0.25) is 5.91 Å². The van der Waals surface area contributed by atoms with E-state index in [0.717, 1.165) is 22.6 Å². The molecule has 2 N–H and O–H groups in total. The zero-order valence-electron chi connectivity index (χ0n) is 14.1. The smallest absolute Gasteiger partial charge is 0.241 e. The number of amides is 1. The van der Waals surface area contributed by atoms with Gasteiger partial charge in [-0.25, -0.2) is 0 Å². The number of anilines is 1. The highest BCUT2D eigenvalue weighted by Gasteiger charge is 2.19. The van der Waals surface area contributed by atoms with Crippen LogP contribution in [-0.2, 0) is 11.8 Å². The average molecular weight is 335 g/mol. The Kier molecular flexibility index (Phi) is 5.44. The molecule has 1 amide bonds. The second-order valence-corrected chi connectivity index (χ2v) is 6.26. The fourth-order valence-electron chi connectivity index (χ4n) is 2.48. The Labute approximate surface area is 142 Å². The zero-order valence-corrected chi connectivity index (χ0v) is 14.9. The Balaban J connectivity index is 2.01. The predicted molar refractivity (Wildman–Crippen MR) is 93.8 cm³/mol. The first-order valence-corrected chi connectivity index (χ1v) is 8.00. The quantitative estimate of drug-likeness (QED) is 0.881. The Hall–Kier alpha value is -1.85. The first kappa shape index (κ1) is 17.5. The SMILES string of the molecule is Cc1nn(C)c(C)c1NC(=O)[C@H](C)N[C@@H](C)c1ccc(Cl)cc1. The molecule has 0 unspecified atom stereocenters. The van der Waals surface area contributed by atoms with Gasteiger partial charge in [0.05, 0.1) is 23.1 Å². The average Bonchev–Trinajstić information content (AvgIpc) is 2.74. The van der Waals surface area contributed by atoms with Crippen molar-refractivity contribution in [1.29, 1.82) is 0 Å². The van der Waals surface area contributed by atoms with Gasteiger partial charge < -0.3 is 5.32 Å². The van der Waals surface area contributed by atoms with Crippen molar-refractivity contribution in [3.05, 3.63) is 46.2 Å². The summed E-state index contributed by atoms with van der Waals surface area (Å²) in [6.07, 6.45) is 0. The molecule has 2 aromatic rings. The molecule has 1 aromatic carbocycles. The number of carbonyl (C=O) groups excluding carboxylic acids is 1. The summed E-state index contributed by atoms with van der Waals surface area (Å²) in [4.78, 5) is 12.4. The van der Waals surface area contributed by atoms with Crippen LogP contribution in [-0.4, -0.2) is 21.7 Å². The molecule has 0 aliphatic heterocycles. The van der Waals surface area contributed by atoms with Crippen LogP contribution in [0.3, 0.4) is 0 Å². The Morgan fingerprint density at radius 3 is 2.35 bits per heavy atom. The number of hydrogen-bond donors (Lipinski definition) is 2. The molecule has 0 bridgehead atoms. The molecule has 0 aliphatic carbocycles. The highest BCUT2D eigenvalue weighted by molar-refractivity contribution is 6.30. The van der Waals surface area contributed by atoms with Crippen LogP contribution in [0.15, 0.2) is 24.3 Å². The van der Waals surface area contributed by atoms with Gasteiger partial charge >= 0.3 is 0 Å². The molecule has 124 valence electrons. The predicted octanol–water partition coefficient (Wildman–Crippen LogP) is 3.37. The summed E-state index contributed by atoms with van der Waals surface area (Å²) < 4.78 is 1.76. The summed E-state index contributed by atoms with van der Waals surface area (Å²) >= 11 is 5.90. The van der Waals surface area contributed by atoms with Gasteiger partial charge in [-0.1, -0.05) is 23.7 Å². The number of aromatic nitrogens is 2. The number of rotatable bonds is 5. The van der Waals surface area contributed by atoms with Crippen LogP contribution < -0.4 is 10.6 Å². The molecule has 0 radical (unpaired) electrons. The highest BCUT2D eigenvalue weighted by atomic mass is 35.5. The molecule has 1 heterocycles. The lowest BCUT2D eigenvalue weighted by atomic mass is 10.1. The Morgan fingerprint density at radius 1 is 1.22 bits per heavy atom. The highest BCUT2D eigenvalue weighted by Crippen LogP contribution is 2.19. The summed E-state index contributed by atoms with van der Waals surface area (Å²) in [5.41, 5.74) is 3.62. The minimum absolute atomic E-state index is 0.0455. The third-order valence-electron chi connectivity index (χ3n) is 4.02. The van der Waals surface area contributed by atoms with Gasteiger partial charge in [0.15, 0.2) is 0 Å². The van der Waals surface area contributed by atoms with Gasteiger partial charge in [-0.15, -0.1) is 0 Å². The number of aryl methyl sites for hydroxylation is 2. The van der Waals surface area contributed by atoms with E-state index in [2.05, 4.69) is 15.7 Å². The number of carbonyl (C=O) groups is 1. The van der Waals surface area contributed by atoms with E-state index in [1.165, 1.54) is 0 Å². The summed E-state index contributed by atoms with van der Waals surface area (Å²) in [5, 5.41) is 11.3. The van der Waals surface area contributed by atoms with Crippen molar-refractivity contribution in [2.24, 2.45) is 7.05 Å². The monoisotopic (exact) mass is 334 g/mol. The number of hydrogen-bond acceptors (Lipinski definition) is 3. The maximum Gasteiger partial charge on any atom is 0.241 e. The van der Waals surface area contributed by atoms with Gasteiger partial charge in [0.25, 0.3) is 0 Å². The van der Waals surface area contributed by atoms with Gasteiger partial charge in [-0.05, 0) is 45.4 Å². The molecule has 1 aromatic heterocycles. The number of nitrogens with one attached hydrogen (secondary N) is 2. The van der Waals surface area contributed by atoms with Crippen LogP contribution in [0.4, 0.5) is 5.69 Å². The van der Waals surface area contributed by atoms with Gasteiger partial charge in [0, 0.05) is 18.1 Å². The molecule has 0 fully saturated rings. The van der Waals surface area contributed by atoms with Crippen LogP contribution in [0.2, 0.25) is 5.02 Å². The molecule has 2 atom stereocenters. The van der Waals surface area contributed by atoms with Gasteiger partial charge in [-0.3, -0.25) is 14.8 Å². The lowest BCUT2D eigenvalue weighted by Gasteiger charge is -2.20. The van der Waals surface area contributed by atoms with E-state index in [1.807, 2.05) is 59.0 Å². The van der Waals surface area contributed by atoms with Crippen molar-refractivity contribution < 1.29 is 4.79 Å². The minimum atomic E-state index is -0.334. The van der Waals surface area contributed by atoms with Crippen LogP contribution in [0.25, 0.3) is 0 Å². The van der Waals surface area contributed by atoms with Gasteiger partial charge in [0.1, 0.15) is 0 Å². The number of halogens is 1. The van der Waals surface area contributed by atoms with E-state index in [1.54, 1.807) is 4.68 Å². The maximum absolute atomic E-state index is 12.4. The third-order valence-corrected chi connectivity index (χ3v) is 4.27. The number of nitrogens with zero attached hydrogens (tertiary/aromatic N) is 2. The van der Waals surface area contributed by atoms with Crippen molar-refractivity contribution in [3.63, 3.8) is 0 Å². The summed E-state index contributed by atoms with van der Waals surface area (Å²) in [5.74, 6) is -0.0787. The molecule has 2 rings (SSSR count). The second-order valence-electron chi connectivity index (χ2n) is 5.82. The molecule has 0 saturated heterocycles. The molecule has 0 saturated carbocycles. The minimum Gasteiger partial charge on any atom is -0.322 e. The normalized spacial score (nSPS) is 13.7. The summed E-state index contributed by atoms with van der Waals surface area (Å²) in [7, 11) is 1.86. The van der Waals surface area contributed by atoms with E-state index in [-0.39, 0.29) is 18.0 Å². The van der Waals surface area contributed by atoms with Crippen LogP contribution >= 0.6 is 11.6 Å². The van der Waals surface area contributed by atoms with E-state index < -0.39 is 0 Å². The van der Waals surface area contributed by atoms with E-state index >= 15 is 0 Å². The van der Waals surface area contributed by atoms with Gasteiger partial charge in [-0.2, -0.15) is 5.10 Å². The van der Waals surface area contributed by atoms with Crippen molar-refractivity contribution >= 4 is 23.2 Å². The van der Waals surface area contributed by atoms with Crippen molar-refractivity contribution in [2.75, 3.05) is 5.32 Å². The van der Waals surface area contributed by atoms with E-state index in [4.69, 9.17) is 11.6 Å². The zero-order chi connectivity index (χ0) is 17.1. The molecular weight excluding hydrogens is 312 g/mol. The first-order chi connectivity index (χ1) is 10.8. The Morgan fingerprint density at radius 2 is 1.83 bits per heavy atom. The molecular formula is C17H23ClN4O. The maximum atomic E-state index is 12.4. The topological polar surface area (TPSA) is 59.0 Å². The van der Waals surface area contributed by atoms with E-state index in [9.17, 15) is 4.79 Å². The first-order valence-electron chi connectivity index (χ1n) is 7.62. The van der Waals surface area contributed by atoms with Crippen molar-refractivity contribution in [2.45, 2.75) is 39.8 Å². The fourth-order valence-corrected chi connectivity index (χ4v) is 2.61. The lowest BCUT2D eigenvalue weighted by molar-refractivity contribution is -0.117. The molecule has 23 heavy (non-hydrogen) atoms.